The van der Waals surface area contributed by atoms with Gasteiger partial charge in [0.15, 0.2) is 11.0 Å². The fourth-order valence-corrected chi connectivity index (χ4v) is 4.05. The average molecular weight is 466 g/mol. The molecule has 4 rings (SSSR count). The molecule has 0 bridgehead atoms. The van der Waals surface area contributed by atoms with Crippen molar-refractivity contribution in [3.63, 3.8) is 0 Å². The van der Waals surface area contributed by atoms with Crippen molar-refractivity contribution in [2.75, 3.05) is 18.2 Å². The van der Waals surface area contributed by atoms with Gasteiger partial charge in [0.1, 0.15) is 5.75 Å². The Morgan fingerprint density at radius 1 is 1.12 bits per heavy atom. The molecule has 0 saturated carbocycles. The highest BCUT2D eigenvalue weighted by Gasteiger charge is 2.19. The van der Waals surface area contributed by atoms with E-state index in [0.29, 0.717) is 27.4 Å². The lowest BCUT2D eigenvalue weighted by molar-refractivity contribution is -0.113. The first kappa shape index (κ1) is 21.9. The summed E-state index contributed by atoms with van der Waals surface area (Å²) in [6.07, 6.45) is 3.40. The van der Waals surface area contributed by atoms with Crippen LogP contribution < -0.4 is 10.1 Å². The Bertz CT molecular complexity index is 1250. The molecule has 7 nitrogen and oxygen atoms in total. The van der Waals surface area contributed by atoms with Gasteiger partial charge in [-0.3, -0.25) is 14.3 Å². The van der Waals surface area contributed by atoms with Gasteiger partial charge in [-0.2, -0.15) is 0 Å². The molecule has 4 aromatic rings. The number of hydrogen-bond donors (Lipinski definition) is 1. The van der Waals surface area contributed by atoms with E-state index < -0.39 is 0 Å². The number of hydrogen-bond acceptors (Lipinski definition) is 6. The summed E-state index contributed by atoms with van der Waals surface area (Å²) in [7, 11) is 1.59. The third kappa shape index (κ3) is 4.76. The molecule has 0 atom stereocenters. The maximum atomic E-state index is 12.6. The molecule has 9 heteroatoms. The quantitative estimate of drug-likeness (QED) is 0.385. The minimum Gasteiger partial charge on any atom is -0.497 e. The lowest BCUT2D eigenvalue weighted by atomic mass is 10.2. The molecule has 1 N–H and O–H groups in total. The summed E-state index contributed by atoms with van der Waals surface area (Å²) < 4.78 is 7.12. The number of thioether (sulfide) groups is 1. The van der Waals surface area contributed by atoms with Gasteiger partial charge in [-0.05, 0) is 48.9 Å². The predicted molar refractivity (Wildman–Crippen MR) is 127 cm³/mol. The summed E-state index contributed by atoms with van der Waals surface area (Å²) >= 11 is 7.68. The van der Waals surface area contributed by atoms with Crippen LogP contribution in [0, 0.1) is 6.92 Å². The van der Waals surface area contributed by atoms with E-state index >= 15 is 0 Å². The molecular formula is C23H20ClN5O2S. The summed E-state index contributed by atoms with van der Waals surface area (Å²) in [6, 6.07) is 16.6. The second kappa shape index (κ2) is 9.84. The maximum Gasteiger partial charge on any atom is 0.234 e. The SMILES string of the molecule is COc1cccc(NC(=O)CSc2nnc(-c3ccncc3)n2-c2cccc(Cl)c2C)c1. The van der Waals surface area contributed by atoms with E-state index in [0.717, 1.165) is 16.8 Å². The molecule has 2 aromatic heterocycles. The van der Waals surface area contributed by atoms with Crippen LogP contribution in [-0.2, 0) is 4.79 Å². The molecule has 0 radical (unpaired) electrons. The topological polar surface area (TPSA) is 81.9 Å². The van der Waals surface area contributed by atoms with Crippen molar-refractivity contribution >= 4 is 35.0 Å². The normalized spacial score (nSPS) is 10.7. The first-order valence-electron chi connectivity index (χ1n) is 9.75. The minimum absolute atomic E-state index is 0.158. The number of nitrogens with one attached hydrogen (secondary N) is 1. The highest BCUT2D eigenvalue weighted by Crippen LogP contribution is 2.31. The van der Waals surface area contributed by atoms with Crippen molar-refractivity contribution in [3.05, 3.63) is 77.6 Å². The third-order valence-electron chi connectivity index (χ3n) is 4.74. The Kier molecular flexibility index (Phi) is 6.72. The van der Waals surface area contributed by atoms with E-state index in [1.165, 1.54) is 11.8 Å². The molecule has 0 aliphatic carbocycles. The first-order chi connectivity index (χ1) is 15.6. The van der Waals surface area contributed by atoms with Crippen LogP contribution in [-0.4, -0.2) is 38.5 Å². The van der Waals surface area contributed by atoms with E-state index in [4.69, 9.17) is 16.3 Å². The van der Waals surface area contributed by atoms with Gasteiger partial charge in [0.25, 0.3) is 0 Å². The number of rotatable bonds is 7. The predicted octanol–water partition coefficient (Wildman–Crippen LogP) is 5.03. The van der Waals surface area contributed by atoms with Crippen LogP contribution >= 0.6 is 23.4 Å². The van der Waals surface area contributed by atoms with Crippen LogP contribution in [0.4, 0.5) is 5.69 Å². The van der Waals surface area contributed by atoms with Gasteiger partial charge in [-0.1, -0.05) is 35.5 Å². The first-order valence-corrected chi connectivity index (χ1v) is 11.1. The second-order valence-electron chi connectivity index (χ2n) is 6.83. The fraction of sp³-hybridized carbons (Fsp3) is 0.130. The van der Waals surface area contributed by atoms with Crippen LogP contribution in [0.1, 0.15) is 5.56 Å². The Morgan fingerprint density at radius 3 is 2.69 bits per heavy atom. The second-order valence-corrected chi connectivity index (χ2v) is 8.18. The van der Waals surface area contributed by atoms with E-state index in [1.54, 1.807) is 25.6 Å². The number of carbonyl (C=O) groups is 1. The highest BCUT2D eigenvalue weighted by molar-refractivity contribution is 7.99. The van der Waals surface area contributed by atoms with Crippen molar-refractivity contribution in [1.82, 2.24) is 19.7 Å². The molecule has 32 heavy (non-hydrogen) atoms. The van der Waals surface area contributed by atoms with Gasteiger partial charge in [0, 0.05) is 34.7 Å². The van der Waals surface area contributed by atoms with Crippen LogP contribution in [0.15, 0.2) is 72.1 Å². The summed E-state index contributed by atoms with van der Waals surface area (Å²) in [5.41, 5.74) is 3.27. The zero-order chi connectivity index (χ0) is 22.5. The lowest BCUT2D eigenvalue weighted by Gasteiger charge is -2.14. The van der Waals surface area contributed by atoms with Crippen LogP contribution in [0.3, 0.4) is 0 Å². The van der Waals surface area contributed by atoms with Gasteiger partial charge in [0.2, 0.25) is 5.91 Å². The molecule has 0 saturated heterocycles. The number of methoxy groups -OCH3 is 1. The van der Waals surface area contributed by atoms with Crippen LogP contribution in [0.25, 0.3) is 17.1 Å². The molecule has 2 heterocycles. The number of ether oxygens (including phenoxy) is 1. The van der Waals surface area contributed by atoms with Gasteiger partial charge in [-0.25, -0.2) is 0 Å². The molecule has 0 unspecified atom stereocenters. The number of pyridine rings is 1. The van der Waals surface area contributed by atoms with E-state index in [9.17, 15) is 4.79 Å². The summed E-state index contributed by atoms with van der Waals surface area (Å²) in [5.74, 6) is 1.32. The molecule has 162 valence electrons. The molecule has 0 aliphatic heterocycles. The third-order valence-corrected chi connectivity index (χ3v) is 6.08. The number of halogens is 1. The van der Waals surface area contributed by atoms with Crippen LogP contribution in [0.5, 0.6) is 5.75 Å². The number of carbonyl (C=O) groups excluding carboxylic acids is 1. The van der Waals surface area contributed by atoms with Crippen molar-refractivity contribution in [3.8, 4) is 22.8 Å². The lowest BCUT2D eigenvalue weighted by Crippen LogP contribution is -2.14. The van der Waals surface area contributed by atoms with Crippen molar-refractivity contribution in [2.45, 2.75) is 12.1 Å². The number of anilines is 1. The Hall–Kier alpha value is -3.36. The van der Waals surface area contributed by atoms with Crippen molar-refractivity contribution < 1.29 is 9.53 Å². The fourth-order valence-electron chi connectivity index (χ4n) is 3.13. The Labute approximate surface area is 194 Å². The van der Waals surface area contributed by atoms with Gasteiger partial charge < -0.3 is 10.1 Å². The molecule has 0 fully saturated rings. The van der Waals surface area contributed by atoms with Gasteiger partial charge in [-0.15, -0.1) is 10.2 Å². The Morgan fingerprint density at radius 2 is 1.91 bits per heavy atom. The number of amides is 1. The summed E-state index contributed by atoms with van der Waals surface area (Å²) in [5, 5.41) is 12.9. The largest absolute Gasteiger partial charge is 0.497 e. The van der Waals surface area contributed by atoms with Crippen molar-refractivity contribution in [1.29, 1.82) is 0 Å². The van der Waals surface area contributed by atoms with E-state index in [2.05, 4.69) is 20.5 Å². The van der Waals surface area contributed by atoms with Gasteiger partial charge in [0.05, 0.1) is 18.6 Å². The molecule has 2 aromatic carbocycles. The maximum absolute atomic E-state index is 12.6. The number of aromatic nitrogens is 4. The average Bonchev–Trinajstić information content (AvgIpc) is 3.24. The standard InChI is InChI=1S/C23H20ClN5O2S/c1-15-19(24)7-4-8-20(15)29-22(16-9-11-25-12-10-16)27-28-23(29)32-14-21(30)26-17-5-3-6-18(13-17)31-2/h3-13H,14H2,1-2H3,(H,26,30). The smallest absolute Gasteiger partial charge is 0.234 e. The summed E-state index contributed by atoms with van der Waals surface area (Å²) in [4.78, 5) is 16.6. The monoisotopic (exact) mass is 465 g/mol. The molecule has 0 spiro atoms. The Balaban J connectivity index is 1.62. The summed E-state index contributed by atoms with van der Waals surface area (Å²) in [6.45, 7) is 1.94. The molecular weight excluding hydrogens is 446 g/mol. The van der Waals surface area contributed by atoms with Gasteiger partial charge >= 0.3 is 0 Å². The zero-order valence-corrected chi connectivity index (χ0v) is 19.0. The number of benzene rings is 2. The minimum atomic E-state index is -0.161. The van der Waals surface area contributed by atoms with Crippen molar-refractivity contribution in [2.24, 2.45) is 0 Å². The van der Waals surface area contributed by atoms with E-state index in [-0.39, 0.29) is 11.7 Å². The number of nitrogens with zero attached hydrogens (tertiary/aromatic N) is 4. The zero-order valence-electron chi connectivity index (χ0n) is 17.4. The highest BCUT2D eigenvalue weighted by atomic mass is 35.5. The molecule has 0 aliphatic rings. The molecule has 1 amide bonds. The van der Waals surface area contributed by atoms with E-state index in [1.807, 2.05) is 60.0 Å². The van der Waals surface area contributed by atoms with Crippen LogP contribution in [0.2, 0.25) is 5.02 Å².